The lowest BCUT2D eigenvalue weighted by atomic mass is 9.89. The monoisotopic (exact) mass is 459 g/mol. The number of benzene rings is 2. The van der Waals surface area contributed by atoms with E-state index in [0.717, 1.165) is 37.3 Å². The summed E-state index contributed by atoms with van der Waals surface area (Å²) in [4.78, 5) is 10.5. The summed E-state index contributed by atoms with van der Waals surface area (Å²) in [5.41, 5.74) is 25.7. The van der Waals surface area contributed by atoms with Gasteiger partial charge < -0.3 is 27.8 Å². The molecule has 7 nitrogen and oxygen atoms in total. The standard InChI is InChI=1S/C19H25N7.3ClH/c20-18(21)24-15-3-1-13(2-4-15)14-9-11-26(12-10-14)17-7-5-16(6-8-17)25-19(22)23;;;/h1-8,14H,9-12H2,(H4,20,21,24)(H4,22,23,25);3*1H. The maximum Gasteiger partial charge on any atom is 0.191 e. The molecule has 8 N–H and O–H groups in total. The Hall–Kier alpha value is -2.35. The highest BCUT2D eigenvalue weighted by Gasteiger charge is 2.20. The molecule has 1 saturated heterocycles. The number of aliphatic imine (C=N–C) groups is 2. The molecule has 0 atom stereocenters. The first-order chi connectivity index (χ1) is 12.5. The van der Waals surface area contributed by atoms with E-state index < -0.39 is 0 Å². The molecule has 0 unspecified atom stereocenters. The Bertz CT molecular complexity index is 722. The van der Waals surface area contributed by atoms with Crippen LogP contribution in [0.15, 0.2) is 58.5 Å². The molecule has 2 aromatic rings. The SMILES string of the molecule is Cl.Cl.Cl.NC(N)=Nc1ccc(C2CCN(c3ccc(N=C(N)N)cc3)CC2)cc1. The normalized spacial score (nSPS) is 13.2. The summed E-state index contributed by atoms with van der Waals surface area (Å²) >= 11 is 0. The first-order valence-electron chi connectivity index (χ1n) is 8.65. The van der Waals surface area contributed by atoms with Gasteiger partial charge >= 0.3 is 0 Å². The molecule has 1 aliphatic rings. The Morgan fingerprint density at radius 3 is 1.52 bits per heavy atom. The van der Waals surface area contributed by atoms with Crippen molar-refractivity contribution in [2.24, 2.45) is 32.9 Å². The molecular formula is C19H28Cl3N7. The molecule has 2 aromatic carbocycles. The van der Waals surface area contributed by atoms with Crippen LogP contribution in [0.1, 0.15) is 24.3 Å². The molecule has 3 rings (SSSR count). The molecule has 0 bridgehead atoms. The van der Waals surface area contributed by atoms with Crippen molar-refractivity contribution in [1.82, 2.24) is 0 Å². The van der Waals surface area contributed by atoms with Crippen LogP contribution in [0.2, 0.25) is 0 Å². The first kappa shape index (κ1) is 26.6. The predicted octanol–water partition coefficient (Wildman–Crippen LogP) is 3.15. The molecule has 0 radical (unpaired) electrons. The molecule has 1 fully saturated rings. The molecule has 0 amide bonds. The maximum absolute atomic E-state index is 5.41. The summed E-state index contributed by atoms with van der Waals surface area (Å²) in [6.45, 7) is 2.03. The van der Waals surface area contributed by atoms with Crippen LogP contribution in [0, 0.1) is 0 Å². The van der Waals surface area contributed by atoms with E-state index in [1.807, 2.05) is 24.3 Å². The quantitative estimate of drug-likeness (QED) is 0.411. The van der Waals surface area contributed by atoms with Crippen molar-refractivity contribution in [3.05, 3.63) is 54.1 Å². The topological polar surface area (TPSA) is 132 Å². The van der Waals surface area contributed by atoms with E-state index in [1.54, 1.807) is 0 Å². The zero-order valence-corrected chi connectivity index (χ0v) is 18.3. The van der Waals surface area contributed by atoms with E-state index in [9.17, 15) is 0 Å². The van der Waals surface area contributed by atoms with Crippen LogP contribution in [-0.4, -0.2) is 25.0 Å². The number of rotatable bonds is 4. The zero-order chi connectivity index (χ0) is 18.5. The van der Waals surface area contributed by atoms with E-state index in [0.29, 0.717) is 5.92 Å². The van der Waals surface area contributed by atoms with Crippen LogP contribution in [-0.2, 0) is 0 Å². The van der Waals surface area contributed by atoms with Crippen molar-refractivity contribution < 1.29 is 0 Å². The van der Waals surface area contributed by atoms with Gasteiger partial charge in [-0.2, -0.15) is 0 Å². The van der Waals surface area contributed by atoms with E-state index in [4.69, 9.17) is 22.9 Å². The van der Waals surface area contributed by atoms with Gasteiger partial charge in [0.05, 0.1) is 11.4 Å². The van der Waals surface area contributed by atoms with Crippen molar-refractivity contribution >= 4 is 66.2 Å². The lowest BCUT2D eigenvalue weighted by Gasteiger charge is -2.34. The zero-order valence-electron chi connectivity index (χ0n) is 15.9. The van der Waals surface area contributed by atoms with Gasteiger partial charge in [0.2, 0.25) is 0 Å². The third-order valence-corrected chi connectivity index (χ3v) is 4.59. The molecule has 29 heavy (non-hydrogen) atoms. The minimum atomic E-state index is 0. The van der Waals surface area contributed by atoms with Gasteiger partial charge in [0.25, 0.3) is 0 Å². The van der Waals surface area contributed by atoms with Gasteiger partial charge in [-0.25, -0.2) is 9.98 Å². The van der Waals surface area contributed by atoms with Crippen LogP contribution in [0.25, 0.3) is 0 Å². The van der Waals surface area contributed by atoms with Crippen LogP contribution in [0.3, 0.4) is 0 Å². The van der Waals surface area contributed by atoms with Gasteiger partial charge in [0, 0.05) is 18.8 Å². The van der Waals surface area contributed by atoms with Gasteiger partial charge in [-0.15, -0.1) is 37.2 Å². The Kier molecular flexibility index (Phi) is 11.3. The van der Waals surface area contributed by atoms with E-state index in [-0.39, 0.29) is 49.1 Å². The van der Waals surface area contributed by atoms with Crippen LogP contribution < -0.4 is 27.8 Å². The Morgan fingerprint density at radius 2 is 1.10 bits per heavy atom. The van der Waals surface area contributed by atoms with Crippen LogP contribution >= 0.6 is 37.2 Å². The number of halogens is 3. The second-order valence-electron chi connectivity index (χ2n) is 6.44. The Balaban J connectivity index is 0.00000261. The summed E-state index contributed by atoms with van der Waals surface area (Å²) in [6.07, 6.45) is 2.22. The first-order valence-corrected chi connectivity index (χ1v) is 8.65. The highest BCUT2D eigenvalue weighted by molar-refractivity contribution is 5.86. The van der Waals surface area contributed by atoms with Gasteiger partial charge in [0.1, 0.15) is 0 Å². The fourth-order valence-corrected chi connectivity index (χ4v) is 3.33. The van der Waals surface area contributed by atoms with Crippen molar-refractivity contribution in [2.75, 3.05) is 18.0 Å². The molecule has 1 heterocycles. The number of anilines is 1. The van der Waals surface area contributed by atoms with Crippen molar-refractivity contribution in [3.63, 3.8) is 0 Å². The third kappa shape index (κ3) is 7.53. The van der Waals surface area contributed by atoms with Gasteiger partial charge in [-0.05, 0) is 60.7 Å². The minimum Gasteiger partial charge on any atom is -0.371 e. The third-order valence-electron chi connectivity index (χ3n) is 4.59. The lowest BCUT2D eigenvalue weighted by Crippen LogP contribution is -2.32. The molecule has 160 valence electrons. The highest BCUT2D eigenvalue weighted by Crippen LogP contribution is 2.32. The Labute approximate surface area is 189 Å². The molecular weight excluding hydrogens is 433 g/mol. The van der Waals surface area contributed by atoms with Crippen LogP contribution in [0.5, 0.6) is 0 Å². The lowest BCUT2D eigenvalue weighted by molar-refractivity contribution is 0.505. The number of hydrogen-bond donors (Lipinski definition) is 4. The average molecular weight is 461 g/mol. The minimum absolute atomic E-state index is 0. The fraction of sp³-hybridized carbons (Fsp3) is 0.263. The van der Waals surface area contributed by atoms with Crippen molar-refractivity contribution in [3.8, 4) is 0 Å². The summed E-state index contributed by atoms with van der Waals surface area (Å²) in [5, 5.41) is 0. The highest BCUT2D eigenvalue weighted by atomic mass is 35.5. The van der Waals surface area contributed by atoms with E-state index in [2.05, 4.69) is 39.2 Å². The summed E-state index contributed by atoms with van der Waals surface area (Å²) in [5.74, 6) is 0.710. The smallest absolute Gasteiger partial charge is 0.191 e. The number of nitrogens with two attached hydrogens (primary N) is 4. The van der Waals surface area contributed by atoms with E-state index >= 15 is 0 Å². The molecule has 0 aromatic heterocycles. The Morgan fingerprint density at radius 1 is 0.690 bits per heavy atom. The van der Waals surface area contributed by atoms with Crippen LogP contribution in [0.4, 0.5) is 17.1 Å². The molecule has 0 aliphatic carbocycles. The summed E-state index contributed by atoms with van der Waals surface area (Å²) in [6, 6.07) is 16.1. The van der Waals surface area contributed by atoms with E-state index in [1.165, 1.54) is 11.3 Å². The summed E-state index contributed by atoms with van der Waals surface area (Å²) < 4.78 is 0. The maximum atomic E-state index is 5.41. The second kappa shape index (κ2) is 12.3. The molecule has 10 heteroatoms. The molecule has 0 saturated carbocycles. The number of guanidine groups is 2. The number of nitrogens with zero attached hydrogens (tertiary/aromatic N) is 3. The predicted molar refractivity (Wildman–Crippen MR) is 130 cm³/mol. The fourth-order valence-electron chi connectivity index (χ4n) is 3.33. The molecule has 0 spiro atoms. The van der Waals surface area contributed by atoms with Crippen molar-refractivity contribution in [2.45, 2.75) is 18.8 Å². The largest absolute Gasteiger partial charge is 0.371 e. The van der Waals surface area contributed by atoms with Gasteiger partial charge in [-0.1, -0.05) is 12.1 Å². The second-order valence-corrected chi connectivity index (χ2v) is 6.44. The number of hydrogen-bond acceptors (Lipinski definition) is 3. The number of piperidine rings is 1. The summed E-state index contributed by atoms with van der Waals surface area (Å²) in [7, 11) is 0. The average Bonchev–Trinajstić information content (AvgIpc) is 2.62. The van der Waals surface area contributed by atoms with Gasteiger partial charge in [-0.3, -0.25) is 0 Å². The van der Waals surface area contributed by atoms with Crippen molar-refractivity contribution in [1.29, 1.82) is 0 Å². The molecule has 1 aliphatic heterocycles. The van der Waals surface area contributed by atoms with Gasteiger partial charge in [0.15, 0.2) is 11.9 Å².